The lowest BCUT2D eigenvalue weighted by molar-refractivity contribution is -0.123. The lowest BCUT2D eigenvalue weighted by atomic mass is 9.80. The van der Waals surface area contributed by atoms with Gasteiger partial charge in [-0.05, 0) is 31.4 Å². The molecule has 0 unspecified atom stereocenters. The van der Waals surface area contributed by atoms with Crippen LogP contribution in [0.15, 0.2) is 30.0 Å². The molecule has 3 aliphatic rings. The predicted octanol–water partition coefficient (Wildman–Crippen LogP) is 2.60. The van der Waals surface area contributed by atoms with Crippen LogP contribution in [-0.2, 0) is 14.3 Å². The van der Waals surface area contributed by atoms with E-state index in [1.807, 2.05) is 0 Å². The van der Waals surface area contributed by atoms with Crippen molar-refractivity contribution in [2.45, 2.75) is 25.7 Å². The maximum absolute atomic E-state index is 13.4. The van der Waals surface area contributed by atoms with Crippen LogP contribution in [0.3, 0.4) is 0 Å². The molecule has 29 heavy (non-hydrogen) atoms. The number of nitrogens with zero attached hydrogens (tertiary/aromatic N) is 2. The lowest BCUT2D eigenvalue weighted by Crippen LogP contribution is -2.41. The second-order valence-corrected chi connectivity index (χ2v) is 7.68. The highest BCUT2D eigenvalue weighted by Gasteiger charge is 2.46. The molecule has 1 aliphatic carbocycles. The van der Waals surface area contributed by atoms with Crippen LogP contribution in [0.25, 0.3) is 0 Å². The molecule has 0 radical (unpaired) electrons. The molecule has 2 saturated heterocycles. The molecule has 2 atom stereocenters. The van der Waals surface area contributed by atoms with E-state index in [1.165, 1.54) is 17.7 Å². The number of hydrogen-bond donors (Lipinski definition) is 0. The van der Waals surface area contributed by atoms with Gasteiger partial charge < -0.3 is 19.1 Å². The van der Waals surface area contributed by atoms with Crippen molar-refractivity contribution in [3.05, 3.63) is 30.0 Å². The highest BCUT2D eigenvalue weighted by molar-refractivity contribution is 6.21. The average molecular weight is 400 g/mol. The van der Waals surface area contributed by atoms with Gasteiger partial charge in [-0.3, -0.25) is 9.59 Å². The predicted molar refractivity (Wildman–Crippen MR) is 108 cm³/mol. The first kappa shape index (κ1) is 19.8. The highest BCUT2D eigenvalue weighted by Crippen LogP contribution is 2.42. The third-order valence-corrected chi connectivity index (χ3v) is 6.12. The maximum atomic E-state index is 13.4. The number of anilines is 1. The largest absolute Gasteiger partial charge is 0.497 e. The minimum absolute atomic E-state index is 0.0764. The Bertz CT molecular complexity index is 815. The van der Waals surface area contributed by atoms with E-state index in [0.717, 1.165) is 32.4 Å². The molecule has 0 bridgehead atoms. The number of benzene rings is 1. The smallest absolute Gasteiger partial charge is 0.238 e. The summed E-state index contributed by atoms with van der Waals surface area (Å²) >= 11 is 0. The van der Waals surface area contributed by atoms with Gasteiger partial charge in [0.1, 0.15) is 11.5 Å². The van der Waals surface area contributed by atoms with Crippen molar-refractivity contribution in [2.24, 2.45) is 11.8 Å². The topological polar surface area (TPSA) is 68.3 Å². The molecule has 2 fully saturated rings. The van der Waals surface area contributed by atoms with E-state index in [-0.39, 0.29) is 30.1 Å². The van der Waals surface area contributed by atoms with E-state index < -0.39 is 0 Å². The number of imide groups is 1. The molecule has 7 heteroatoms. The summed E-state index contributed by atoms with van der Waals surface area (Å²) in [5.74, 6) is 0.515. The molecule has 0 N–H and O–H groups in total. The molecule has 7 nitrogen and oxygen atoms in total. The van der Waals surface area contributed by atoms with Gasteiger partial charge in [0.05, 0.1) is 39.0 Å². The number of rotatable bonds is 5. The van der Waals surface area contributed by atoms with Gasteiger partial charge in [0.15, 0.2) is 0 Å². The number of carbonyl (C=O) groups is 2. The summed E-state index contributed by atoms with van der Waals surface area (Å²) < 4.78 is 16.2. The van der Waals surface area contributed by atoms with E-state index in [0.29, 0.717) is 30.4 Å². The zero-order valence-corrected chi connectivity index (χ0v) is 17.1. The molecule has 1 aromatic carbocycles. The number of hydrogen-bond acceptors (Lipinski definition) is 6. The van der Waals surface area contributed by atoms with Gasteiger partial charge in [0.2, 0.25) is 11.8 Å². The van der Waals surface area contributed by atoms with Crippen molar-refractivity contribution in [1.82, 2.24) is 4.90 Å². The second-order valence-electron chi connectivity index (χ2n) is 7.68. The van der Waals surface area contributed by atoms with Gasteiger partial charge in [-0.15, -0.1) is 0 Å². The van der Waals surface area contributed by atoms with Gasteiger partial charge in [-0.2, -0.15) is 0 Å². The Labute approximate surface area is 171 Å². The Morgan fingerprint density at radius 1 is 1.07 bits per heavy atom. The van der Waals surface area contributed by atoms with Crippen LogP contribution in [0.4, 0.5) is 5.69 Å². The quantitative estimate of drug-likeness (QED) is 0.708. The number of carbonyl (C=O) groups excluding carboxylic acids is 2. The van der Waals surface area contributed by atoms with Crippen molar-refractivity contribution in [2.75, 3.05) is 45.4 Å². The first-order valence-corrected chi connectivity index (χ1v) is 10.3. The zero-order valence-electron chi connectivity index (χ0n) is 17.1. The Balaban J connectivity index is 1.61. The van der Waals surface area contributed by atoms with Crippen LogP contribution in [0.2, 0.25) is 0 Å². The minimum Gasteiger partial charge on any atom is -0.497 e. The van der Waals surface area contributed by atoms with Crippen molar-refractivity contribution < 1.29 is 23.8 Å². The maximum Gasteiger partial charge on any atom is 0.238 e. The number of methoxy groups -OCH3 is 2. The molecular weight excluding hydrogens is 372 g/mol. The molecule has 4 rings (SSSR count). The van der Waals surface area contributed by atoms with Crippen LogP contribution in [0, 0.1) is 11.8 Å². The van der Waals surface area contributed by atoms with Crippen LogP contribution >= 0.6 is 0 Å². The van der Waals surface area contributed by atoms with Crippen molar-refractivity contribution in [1.29, 1.82) is 0 Å². The Morgan fingerprint density at radius 2 is 1.86 bits per heavy atom. The Morgan fingerprint density at radius 3 is 2.59 bits per heavy atom. The summed E-state index contributed by atoms with van der Waals surface area (Å²) in [7, 11) is 3.10. The SMILES string of the molecule is COc1ccc(N2C(=O)C[C@H]([C@H]3CCCC=C3N3CCOCC3)C2=O)c(OC)c1. The van der Waals surface area contributed by atoms with Gasteiger partial charge in [0.25, 0.3) is 0 Å². The molecule has 2 heterocycles. The Hall–Kier alpha value is -2.54. The number of ether oxygens (including phenoxy) is 3. The van der Waals surface area contributed by atoms with Crippen LogP contribution in [-0.4, -0.2) is 57.2 Å². The van der Waals surface area contributed by atoms with Crippen molar-refractivity contribution in [3.63, 3.8) is 0 Å². The zero-order chi connectivity index (χ0) is 20.4. The van der Waals surface area contributed by atoms with Gasteiger partial charge in [-0.25, -0.2) is 4.90 Å². The molecule has 2 amide bonds. The summed E-state index contributed by atoms with van der Waals surface area (Å²) in [6, 6.07) is 5.16. The fourth-order valence-corrected chi connectivity index (χ4v) is 4.67. The van der Waals surface area contributed by atoms with E-state index in [4.69, 9.17) is 14.2 Å². The summed E-state index contributed by atoms with van der Waals surface area (Å²) in [4.78, 5) is 30.0. The van der Waals surface area contributed by atoms with Crippen molar-refractivity contribution >= 4 is 17.5 Å². The van der Waals surface area contributed by atoms with Gasteiger partial charge >= 0.3 is 0 Å². The first-order valence-electron chi connectivity index (χ1n) is 10.3. The standard InChI is InChI=1S/C22H28N2O5/c1-27-15-7-8-19(20(13-15)28-2)24-21(25)14-17(22(24)26)16-5-3-4-6-18(16)23-9-11-29-12-10-23/h6-8,13,16-17H,3-5,9-12,14H2,1-2H3/t16-,17-/m1/s1. The molecule has 1 aromatic rings. The first-order chi connectivity index (χ1) is 14.1. The normalized spacial score (nSPS) is 25.2. The lowest BCUT2D eigenvalue weighted by Gasteiger charge is -2.38. The molecule has 0 saturated carbocycles. The molecule has 0 spiro atoms. The molecule has 156 valence electrons. The fourth-order valence-electron chi connectivity index (χ4n) is 4.67. The summed E-state index contributed by atoms with van der Waals surface area (Å²) in [5, 5.41) is 0. The Kier molecular flexibility index (Phi) is 5.76. The summed E-state index contributed by atoms with van der Waals surface area (Å²) in [5.41, 5.74) is 1.70. The molecular formula is C22H28N2O5. The summed E-state index contributed by atoms with van der Waals surface area (Å²) in [6.07, 6.45) is 5.49. The third-order valence-electron chi connectivity index (χ3n) is 6.12. The van der Waals surface area contributed by atoms with Gasteiger partial charge in [-0.1, -0.05) is 6.08 Å². The third kappa shape index (κ3) is 3.71. The minimum atomic E-state index is -0.330. The van der Waals surface area contributed by atoms with E-state index in [2.05, 4.69) is 11.0 Å². The highest BCUT2D eigenvalue weighted by atomic mass is 16.5. The van der Waals surface area contributed by atoms with Crippen LogP contribution in [0.1, 0.15) is 25.7 Å². The van der Waals surface area contributed by atoms with E-state index >= 15 is 0 Å². The second kappa shape index (κ2) is 8.45. The van der Waals surface area contributed by atoms with E-state index in [1.54, 1.807) is 25.3 Å². The van der Waals surface area contributed by atoms with E-state index in [9.17, 15) is 9.59 Å². The monoisotopic (exact) mass is 400 g/mol. The molecule has 0 aromatic heterocycles. The van der Waals surface area contributed by atoms with Crippen LogP contribution in [0.5, 0.6) is 11.5 Å². The number of morpholine rings is 1. The summed E-state index contributed by atoms with van der Waals surface area (Å²) in [6.45, 7) is 3.09. The fraction of sp³-hybridized carbons (Fsp3) is 0.545. The van der Waals surface area contributed by atoms with Crippen LogP contribution < -0.4 is 14.4 Å². The number of allylic oxidation sites excluding steroid dienone is 2. The molecule has 2 aliphatic heterocycles. The van der Waals surface area contributed by atoms with Crippen molar-refractivity contribution in [3.8, 4) is 11.5 Å². The van der Waals surface area contributed by atoms with Gasteiger partial charge in [0, 0.05) is 37.2 Å². The number of amides is 2. The average Bonchev–Trinajstić information content (AvgIpc) is 3.07.